The molecule has 0 bridgehead atoms. The fourth-order valence-electron chi connectivity index (χ4n) is 3.10. The summed E-state index contributed by atoms with van der Waals surface area (Å²) in [5, 5.41) is 12.8. The van der Waals surface area contributed by atoms with Crippen molar-refractivity contribution in [1.82, 2.24) is 15.0 Å². The van der Waals surface area contributed by atoms with Gasteiger partial charge in [-0.15, -0.1) is 11.3 Å². The van der Waals surface area contributed by atoms with Crippen molar-refractivity contribution in [2.75, 3.05) is 5.32 Å². The highest BCUT2D eigenvalue weighted by atomic mass is 32.1. The van der Waals surface area contributed by atoms with Gasteiger partial charge in [-0.1, -0.05) is 19.9 Å². The number of anilines is 2. The standard InChI is InChI=1S/C22H23F3N4O2S/c1-12-8-15(17-11-27-19(32-17)13(2)4-5-14(3)20(30)31)10-16(9-12)28-21-26-7-6-18(29-21)22(23,24)25/h6-11,13-14H,4-5H2,1-3H3,(H,30,31)(H,26,28,29). The Hall–Kier alpha value is -3.01. The normalized spacial score (nSPS) is 13.6. The smallest absolute Gasteiger partial charge is 0.433 e. The lowest BCUT2D eigenvalue weighted by atomic mass is 9.99. The third-order valence-electron chi connectivity index (χ3n) is 4.96. The molecule has 6 nitrogen and oxygen atoms in total. The summed E-state index contributed by atoms with van der Waals surface area (Å²) in [7, 11) is 0. The van der Waals surface area contributed by atoms with E-state index >= 15 is 0 Å². The minimum absolute atomic E-state index is 0.122. The monoisotopic (exact) mass is 464 g/mol. The Morgan fingerprint density at radius 3 is 2.62 bits per heavy atom. The van der Waals surface area contributed by atoms with Gasteiger partial charge in [0, 0.05) is 24.0 Å². The Labute approximate surface area is 187 Å². The third-order valence-corrected chi connectivity index (χ3v) is 6.24. The van der Waals surface area contributed by atoms with Gasteiger partial charge in [-0.25, -0.2) is 15.0 Å². The topological polar surface area (TPSA) is 88.0 Å². The lowest BCUT2D eigenvalue weighted by Crippen LogP contribution is -2.10. The Morgan fingerprint density at radius 1 is 1.19 bits per heavy atom. The molecule has 170 valence electrons. The molecule has 0 saturated heterocycles. The molecule has 2 atom stereocenters. The Morgan fingerprint density at radius 2 is 1.94 bits per heavy atom. The number of thiazole rings is 1. The second-order valence-electron chi connectivity index (χ2n) is 7.76. The number of hydrogen-bond acceptors (Lipinski definition) is 6. The molecule has 2 N–H and O–H groups in total. The second kappa shape index (κ2) is 9.64. The van der Waals surface area contributed by atoms with Crippen molar-refractivity contribution in [3.63, 3.8) is 0 Å². The van der Waals surface area contributed by atoms with Crippen molar-refractivity contribution in [3.05, 3.63) is 52.9 Å². The number of carboxylic acids is 1. The van der Waals surface area contributed by atoms with Crippen LogP contribution in [-0.2, 0) is 11.0 Å². The number of aromatic nitrogens is 3. The highest BCUT2D eigenvalue weighted by Gasteiger charge is 2.32. The number of rotatable bonds is 8. The lowest BCUT2D eigenvalue weighted by molar-refractivity contribution is -0.142. The molecule has 3 aromatic rings. The molecule has 0 aliphatic carbocycles. The molecule has 0 aliphatic rings. The van der Waals surface area contributed by atoms with Crippen molar-refractivity contribution < 1.29 is 23.1 Å². The molecule has 0 fully saturated rings. The number of nitrogens with zero attached hydrogens (tertiary/aromatic N) is 3. The summed E-state index contributed by atoms with van der Waals surface area (Å²) < 4.78 is 38.7. The van der Waals surface area contributed by atoms with E-state index in [9.17, 15) is 18.0 Å². The van der Waals surface area contributed by atoms with Gasteiger partial charge in [0.05, 0.1) is 15.8 Å². The maximum atomic E-state index is 12.9. The largest absolute Gasteiger partial charge is 0.481 e. The van der Waals surface area contributed by atoms with E-state index in [-0.39, 0.29) is 11.9 Å². The zero-order valence-corrected chi connectivity index (χ0v) is 18.6. The average molecular weight is 465 g/mol. The minimum atomic E-state index is -4.55. The lowest BCUT2D eigenvalue weighted by Gasteiger charge is -2.11. The van der Waals surface area contributed by atoms with Gasteiger partial charge in [0.1, 0.15) is 5.69 Å². The van der Waals surface area contributed by atoms with E-state index in [0.29, 0.717) is 18.5 Å². The van der Waals surface area contributed by atoms with Gasteiger partial charge < -0.3 is 10.4 Å². The SMILES string of the molecule is Cc1cc(Nc2nccc(C(F)(F)F)n2)cc(-c2cnc(C(C)CCC(C)C(=O)O)s2)c1. The first-order chi connectivity index (χ1) is 15.0. The fourth-order valence-corrected chi connectivity index (χ4v) is 4.09. The van der Waals surface area contributed by atoms with Gasteiger partial charge in [0.2, 0.25) is 5.95 Å². The van der Waals surface area contributed by atoms with Crippen LogP contribution in [0.25, 0.3) is 10.4 Å². The van der Waals surface area contributed by atoms with Crippen LogP contribution in [0.15, 0.2) is 36.7 Å². The van der Waals surface area contributed by atoms with Gasteiger partial charge in [0.15, 0.2) is 0 Å². The number of aryl methyl sites for hydroxylation is 1. The van der Waals surface area contributed by atoms with E-state index in [1.54, 1.807) is 19.2 Å². The summed E-state index contributed by atoms with van der Waals surface area (Å²) in [6.45, 7) is 5.60. The molecule has 0 amide bonds. The number of carbonyl (C=O) groups is 1. The molecule has 0 saturated carbocycles. The molecular formula is C22H23F3N4O2S. The highest BCUT2D eigenvalue weighted by Crippen LogP contribution is 2.34. The van der Waals surface area contributed by atoms with E-state index < -0.39 is 23.8 Å². The van der Waals surface area contributed by atoms with E-state index in [4.69, 9.17) is 5.11 Å². The predicted octanol–water partition coefficient (Wildman–Crippen LogP) is 6.28. The molecule has 32 heavy (non-hydrogen) atoms. The molecule has 0 aliphatic heterocycles. The third kappa shape index (κ3) is 6.03. The summed E-state index contributed by atoms with van der Waals surface area (Å²) in [6, 6.07) is 6.40. The number of carboxylic acid groups (broad SMARTS) is 1. The zero-order valence-electron chi connectivity index (χ0n) is 17.8. The Balaban J connectivity index is 1.77. The van der Waals surface area contributed by atoms with E-state index in [1.165, 1.54) is 11.3 Å². The summed E-state index contributed by atoms with van der Waals surface area (Å²) in [4.78, 5) is 23.9. The van der Waals surface area contributed by atoms with Crippen LogP contribution in [0, 0.1) is 12.8 Å². The van der Waals surface area contributed by atoms with Gasteiger partial charge in [-0.2, -0.15) is 13.2 Å². The molecule has 2 heterocycles. The maximum absolute atomic E-state index is 12.9. The number of halogens is 3. The van der Waals surface area contributed by atoms with Crippen LogP contribution < -0.4 is 5.32 Å². The molecule has 0 spiro atoms. The van der Waals surface area contributed by atoms with Crippen molar-refractivity contribution in [1.29, 1.82) is 0 Å². The van der Waals surface area contributed by atoms with E-state index in [1.807, 2.05) is 26.0 Å². The molecule has 10 heteroatoms. The molecule has 3 rings (SSSR count). The van der Waals surface area contributed by atoms with E-state index in [0.717, 1.165) is 33.3 Å². The van der Waals surface area contributed by atoms with Gasteiger partial charge >= 0.3 is 12.1 Å². The molecule has 1 aromatic carbocycles. The van der Waals surface area contributed by atoms with Crippen molar-refractivity contribution in [3.8, 4) is 10.4 Å². The number of alkyl halides is 3. The quantitative estimate of drug-likeness (QED) is 0.408. The zero-order chi connectivity index (χ0) is 23.5. The first kappa shape index (κ1) is 23.6. The van der Waals surface area contributed by atoms with Crippen molar-refractivity contribution in [2.24, 2.45) is 5.92 Å². The van der Waals surface area contributed by atoms with Crippen LogP contribution >= 0.6 is 11.3 Å². The first-order valence-electron chi connectivity index (χ1n) is 10.0. The number of benzene rings is 1. The van der Waals surface area contributed by atoms with Gasteiger partial charge in [-0.05, 0) is 49.1 Å². The van der Waals surface area contributed by atoms with Crippen molar-refractivity contribution in [2.45, 2.75) is 45.7 Å². The molecule has 2 unspecified atom stereocenters. The number of aliphatic carboxylic acids is 1. The summed E-state index contributed by atoms with van der Waals surface area (Å²) >= 11 is 1.52. The Kier molecular flexibility index (Phi) is 7.12. The molecular weight excluding hydrogens is 441 g/mol. The number of hydrogen-bond donors (Lipinski definition) is 2. The summed E-state index contributed by atoms with van der Waals surface area (Å²) in [5.41, 5.74) is 1.34. The van der Waals surface area contributed by atoms with Gasteiger partial charge in [-0.3, -0.25) is 4.79 Å². The van der Waals surface area contributed by atoms with Crippen molar-refractivity contribution >= 4 is 28.9 Å². The summed E-state index contributed by atoms with van der Waals surface area (Å²) in [5.74, 6) is -1.22. The number of nitrogens with one attached hydrogen (secondary N) is 1. The predicted molar refractivity (Wildman–Crippen MR) is 117 cm³/mol. The van der Waals surface area contributed by atoms with Crippen LogP contribution in [0.1, 0.15) is 48.9 Å². The fraction of sp³-hybridized carbons (Fsp3) is 0.364. The summed E-state index contributed by atoms with van der Waals surface area (Å²) in [6.07, 6.45) is -0.433. The minimum Gasteiger partial charge on any atom is -0.481 e. The average Bonchev–Trinajstić information content (AvgIpc) is 3.21. The maximum Gasteiger partial charge on any atom is 0.433 e. The van der Waals surface area contributed by atoms with Gasteiger partial charge in [0.25, 0.3) is 0 Å². The van der Waals surface area contributed by atoms with Crippen LogP contribution in [0.2, 0.25) is 0 Å². The highest BCUT2D eigenvalue weighted by molar-refractivity contribution is 7.15. The second-order valence-corrected chi connectivity index (χ2v) is 8.82. The Bertz CT molecular complexity index is 1100. The molecule has 2 aromatic heterocycles. The first-order valence-corrected chi connectivity index (χ1v) is 10.8. The van der Waals surface area contributed by atoms with Crippen LogP contribution in [0.5, 0.6) is 0 Å². The van der Waals surface area contributed by atoms with E-state index in [2.05, 4.69) is 20.3 Å². The van der Waals surface area contributed by atoms with Crippen LogP contribution in [0.3, 0.4) is 0 Å². The van der Waals surface area contributed by atoms with Crippen LogP contribution in [0.4, 0.5) is 24.8 Å². The molecule has 0 radical (unpaired) electrons. The van der Waals surface area contributed by atoms with Crippen LogP contribution in [-0.4, -0.2) is 26.0 Å².